The Morgan fingerprint density at radius 1 is 1.29 bits per heavy atom. The fourth-order valence-electron chi connectivity index (χ4n) is 4.88. The molecule has 6 rings (SSSR count). The number of rotatable bonds is 6. The molecule has 1 saturated heterocycles. The van der Waals surface area contributed by atoms with Gasteiger partial charge in [0.15, 0.2) is 0 Å². The van der Waals surface area contributed by atoms with Gasteiger partial charge in [-0.3, -0.25) is 9.89 Å². The molecule has 0 unspecified atom stereocenters. The Balaban J connectivity index is 1.25. The molecule has 5 heterocycles. The Morgan fingerprint density at radius 2 is 2.18 bits per heavy atom. The van der Waals surface area contributed by atoms with Crippen LogP contribution in [-0.2, 0) is 16.1 Å². The van der Waals surface area contributed by atoms with Gasteiger partial charge in [0.25, 0.3) is 5.91 Å². The Labute approximate surface area is 232 Å². The molecule has 12 nitrogen and oxygen atoms in total. The van der Waals surface area contributed by atoms with Crippen molar-refractivity contribution in [2.45, 2.75) is 26.0 Å². The standard InChI is InChI=1S/C25H27IN10O2/c1-15-20(14-36-25(34(15)2)31-32-33-36)24(37)28-17-3-4-21-19(12-17)23(30-29-21)16-6-8-27-22(11-16)35-9-10-38-18(13-35)5-7-26/h3-4,6,8,11-12,18H,5,7,9-10,13-14H2,1-2H3,(H,28,37)(H,29,30)/t18-/m0/s1. The third kappa shape index (κ3) is 4.60. The molecule has 0 aliphatic carbocycles. The quantitative estimate of drug-likeness (QED) is 0.245. The summed E-state index contributed by atoms with van der Waals surface area (Å²) >= 11 is 2.39. The van der Waals surface area contributed by atoms with Gasteiger partial charge in [0.05, 0.1) is 30.3 Å². The Kier molecular flexibility index (Phi) is 6.69. The minimum absolute atomic E-state index is 0.195. The van der Waals surface area contributed by atoms with Gasteiger partial charge in [-0.15, -0.1) is 0 Å². The van der Waals surface area contributed by atoms with Gasteiger partial charge in [0.2, 0.25) is 5.95 Å². The number of ether oxygens (including phenoxy) is 1. The summed E-state index contributed by atoms with van der Waals surface area (Å²) in [5.41, 5.74) is 4.74. The Hall–Kier alpha value is -3.59. The first-order valence-corrected chi connectivity index (χ1v) is 13.9. The number of halogens is 1. The van der Waals surface area contributed by atoms with E-state index in [0.29, 0.717) is 30.4 Å². The number of nitrogens with one attached hydrogen (secondary N) is 2. The minimum Gasteiger partial charge on any atom is -0.375 e. The van der Waals surface area contributed by atoms with Crippen molar-refractivity contribution < 1.29 is 9.53 Å². The van der Waals surface area contributed by atoms with Gasteiger partial charge in [0, 0.05) is 53.1 Å². The van der Waals surface area contributed by atoms with Crippen LogP contribution in [0.25, 0.3) is 22.2 Å². The van der Waals surface area contributed by atoms with Crippen molar-refractivity contribution in [1.29, 1.82) is 0 Å². The Bertz CT molecular complexity index is 1530. The van der Waals surface area contributed by atoms with Gasteiger partial charge in [0.1, 0.15) is 11.5 Å². The van der Waals surface area contributed by atoms with Crippen LogP contribution in [0.2, 0.25) is 0 Å². The molecule has 3 aromatic heterocycles. The maximum atomic E-state index is 13.3. The number of hydrogen-bond acceptors (Lipinski definition) is 9. The smallest absolute Gasteiger partial charge is 0.255 e. The fraction of sp³-hybridized carbons (Fsp3) is 0.360. The third-order valence-corrected chi connectivity index (χ3v) is 7.69. The molecule has 2 aliphatic rings. The predicted molar refractivity (Wildman–Crippen MR) is 152 cm³/mol. The van der Waals surface area contributed by atoms with Crippen LogP contribution in [0.5, 0.6) is 0 Å². The van der Waals surface area contributed by atoms with Crippen molar-refractivity contribution >= 4 is 56.9 Å². The average Bonchev–Trinajstić information content (AvgIpc) is 3.58. The van der Waals surface area contributed by atoms with Crippen molar-refractivity contribution in [3.63, 3.8) is 0 Å². The molecule has 4 aromatic rings. The summed E-state index contributed by atoms with van der Waals surface area (Å²) in [6, 6.07) is 9.77. The summed E-state index contributed by atoms with van der Waals surface area (Å²) in [4.78, 5) is 22.0. The van der Waals surface area contributed by atoms with Crippen LogP contribution >= 0.6 is 22.6 Å². The zero-order valence-corrected chi connectivity index (χ0v) is 23.2. The molecular weight excluding hydrogens is 599 g/mol. The number of pyridine rings is 1. The minimum atomic E-state index is -0.195. The third-order valence-electron chi connectivity index (χ3n) is 7.07. The van der Waals surface area contributed by atoms with Gasteiger partial charge >= 0.3 is 0 Å². The van der Waals surface area contributed by atoms with E-state index in [2.05, 4.69) is 69.6 Å². The average molecular weight is 626 g/mol. The number of anilines is 3. The second-order valence-electron chi connectivity index (χ2n) is 9.37. The number of allylic oxidation sites excluding steroid dienone is 1. The van der Waals surface area contributed by atoms with Gasteiger partial charge in [-0.1, -0.05) is 27.7 Å². The van der Waals surface area contributed by atoms with Crippen LogP contribution in [-0.4, -0.2) is 78.6 Å². The lowest BCUT2D eigenvalue weighted by Crippen LogP contribution is -2.43. The van der Waals surface area contributed by atoms with Crippen LogP contribution in [0.3, 0.4) is 0 Å². The molecule has 2 N–H and O–H groups in total. The molecule has 0 bridgehead atoms. The lowest BCUT2D eigenvalue weighted by molar-refractivity contribution is -0.113. The lowest BCUT2D eigenvalue weighted by Gasteiger charge is -2.33. The predicted octanol–water partition coefficient (Wildman–Crippen LogP) is 3.00. The molecule has 1 atom stereocenters. The number of morpholine rings is 1. The SMILES string of the molecule is CC1=C(C(=O)Nc2ccc3[nH]nc(-c4ccnc(N5CCO[C@@H](CCI)C5)c4)c3c2)Cn2nnnc2N1C. The highest BCUT2D eigenvalue weighted by Gasteiger charge is 2.27. The van der Waals surface area contributed by atoms with Crippen LogP contribution in [0.15, 0.2) is 47.8 Å². The van der Waals surface area contributed by atoms with Crippen molar-refractivity contribution in [2.24, 2.45) is 0 Å². The van der Waals surface area contributed by atoms with E-state index in [1.165, 1.54) is 0 Å². The largest absolute Gasteiger partial charge is 0.375 e. The number of alkyl halides is 1. The normalized spacial score (nSPS) is 17.7. The molecule has 13 heteroatoms. The molecule has 0 spiro atoms. The Morgan fingerprint density at radius 3 is 3.05 bits per heavy atom. The van der Waals surface area contributed by atoms with E-state index < -0.39 is 0 Å². The molecule has 0 saturated carbocycles. The molecule has 1 aromatic carbocycles. The van der Waals surface area contributed by atoms with Crippen molar-refractivity contribution in [3.8, 4) is 11.3 Å². The van der Waals surface area contributed by atoms with Crippen LogP contribution in [0.4, 0.5) is 17.5 Å². The molecule has 196 valence electrons. The van der Waals surface area contributed by atoms with E-state index in [1.807, 2.05) is 49.3 Å². The number of H-pyrrole nitrogens is 1. The summed E-state index contributed by atoms with van der Waals surface area (Å²) in [7, 11) is 1.84. The van der Waals surface area contributed by atoms with Gasteiger partial charge in [-0.25, -0.2) is 9.67 Å². The summed E-state index contributed by atoms with van der Waals surface area (Å²) in [5.74, 6) is 1.33. The van der Waals surface area contributed by atoms with E-state index >= 15 is 0 Å². The van der Waals surface area contributed by atoms with Crippen molar-refractivity contribution in [1.82, 2.24) is 35.4 Å². The van der Waals surface area contributed by atoms with E-state index in [-0.39, 0.29) is 12.0 Å². The highest BCUT2D eigenvalue weighted by atomic mass is 127. The summed E-state index contributed by atoms with van der Waals surface area (Å²) < 4.78 is 8.58. The van der Waals surface area contributed by atoms with E-state index in [1.54, 1.807) is 4.68 Å². The monoisotopic (exact) mass is 626 g/mol. The van der Waals surface area contributed by atoms with Crippen LogP contribution in [0, 0.1) is 0 Å². The zero-order chi connectivity index (χ0) is 26.2. The number of carbonyl (C=O) groups excluding carboxylic acids is 1. The maximum absolute atomic E-state index is 13.3. The summed E-state index contributed by atoms with van der Waals surface area (Å²) in [6.45, 7) is 4.53. The van der Waals surface area contributed by atoms with Crippen molar-refractivity contribution in [2.75, 3.05) is 46.3 Å². The maximum Gasteiger partial charge on any atom is 0.255 e. The number of aromatic nitrogens is 7. The zero-order valence-electron chi connectivity index (χ0n) is 21.1. The van der Waals surface area contributed by atoms with Crippen LogP contribution < -0.4 is 15.1 Å². The number of fused-ring (bicyclic) bond motifs is 2. The number of aromatic amines is 1. The van der Waals surface area contributed by atoms with Gasteiger partial charge in [-0.05, 0) is 54.1 Å². The molecule has 2 aliphatic heterocycles. The molecule has 38 heavy (non-hydrogen) atoms. The van der Waals surface area contributed by atoms with E-state index in [9.17, 15) is 4.79 Å². The number of tetrazole rings is 1. The van der Waals surface area contributed by atoms with E-state index in [4.69, 9.17) is 4.74 Å². The highest BCUT2D eigenvalue weighted by molar-refractivity contribution is 14.1. The first-order chi connectivity index (χ1) is 18.5. The number of hydrogen-bond donors (Lipinski definition) is 2. The summed E-state index contributed by atoms with van der Waals surface area (Å²) in [5, 5.41) is 23.4. The molecular formula is C25H27IN10O2. The molecule has 1 amide bonds. The van der Waals surface area contributed by atoms with E-state index in [0.717, 1.165) is 57.6 Å². The first-order valence-electron chi connectivity index (χ1n) is 12.4. The second kappa shape index (κ2) is 10.3. The van der Waals surface area contributed by atoms with Gasteiger partial charge < -0.3 is 19.9 Å². The number of carbonyl (C=O) groups is 1. The number of nitrogens with zero attached hydrogens (tertiary/aromatic N) is 8. The second-order valence-corrected chi connectivity index (χ2v) is 10.4. The summed E-state index contributed by atoms with van der Waals surface area (Å²) in [6.07, 6.45) is 3.07. The number of benzene rings is 1. The highest BCUT2D eigenvalue weighted by Crippen LogP contribution is 2.31. The molecule has 0 radical (unpaired) electrons. The van der Waals surface area contributed by atoms with Gasteiger partial charge in [-0.2, -0.15) is 5.10 Å². The fourth-order valence-corrected chi connectivity index (χ4v) is 5.57. The van der Waals surface area contributed by atoms with Crippen LogP contribution in [0.1, 0.15) is 13.3 Å². The lowest BCUT2D eigenvalue weighted by atomic mass is 10.1. The van der Waals surface area contributed by atoms with Crippen molar-refractivity contribution in [3.05, 3.63) is 47.8 Å². The first kappa shape index (κ1) is 24.7. The number of amides is 1. The molecule has 1 fully saturated rings. The topological polar surface area (TPSA) is 130 Å².